The topological polar surface area (TPSA) is 29.1 Å². The fraction of sp³-hybridized carbons (Fsp3) is 0.409. The first-order valence-electron chi connectivity index (χ1n) is 9.13. The Hall–Kier alpha value is -2.09. The maximum atomic E-state index is 12.7. The van der Waals surface area contributed by atoms with Crippen LogP contribution in [0.4, 0.5) is 0 Å². The zero-order chi connectivity index (χ0) is 16.9. The van der Waals surface area contributed by atoms with Crippen molar-refractivity contribution in [1.29, 1.82) is 0 Å². The molecule has 1 fully saturated rings. The van der Waals surface area contributed by atoms with Gasteiger partial charge in [-0.25, -0.2) is 0 Å². The van der Waals surface area contributed by atoms with Crippen LogP contribution in [0.1, 0.15) is 55.1 Å². The molecule has 0 spiro atoms. The molecule has 0 aromatic heterocycles. The van der Waals surface area contributed by atoms with Crippen LogP contribution < -0.4 is 5.32 Å². The summed E-state index contributed by atoms with van der Waals surface area (Å²) in [4.78, 5) is 12.7. The van der Waals surface area contributed by atoms with Gasteiger partial charge >= 0.3 is 0 Å². The van der Waals surface area contributed by atoms with Crippen LogP contribution >= 0.6 is 0 Å². The number of carbonyl (C=O) groups is 1. The molecule has 1 amide bonds. The van der Waals surface area contributed by atoms with Crippen LogP contribution in [0.2, 0.25) is 0 Å². The van der Waals surface area contributed by atoms with Crippen molar-refractivity contribution in [1.82, 2.24) is 5.32 Å². The summed E-state index contributed by atoms with van der Waals surface area (Å²) < 4.78 is 0. The number of hydrogen-bond donors (Lipinski definition) is 1. The van der Waals surface area contributed by atoms with Crippen molar-refractivity contribution in [2.75, 3.05) is 0 Å². The van der Waals surface area contributed by atoms with E-state index in [0.717, 1.165) is 11.5 Å². The van der Waals surface area contributed by atoms with E-state index in [1.807, 2.05) is 36.4 Å². The number of benzene rings is 2. The van der Waals surface area contributed by atoms with Gasteiger partial charge in [-0.1, -0.05) is 75.2 Å². The Morgan fingerprint density at radius 1 is 1.04 bits per heavy atom. The van der Waals surface area contributed by atoms with Crippen molar-refractivity contribution in [3.63, 3.8) is 0 Å². The maximum Gasteiger partial charge on any atom is 0.251 e. The summed E-state index contributed by atoms with van der Waals surface area (Å²) in [6.07, 6.45) is 3.79. The third-order valence-electron chi connectivity index (χ3n) is 5.39. The maximum absolute atomic E-state index is 12.7. The van der Waals surface area contributed by atoms with Gasteiger partial charge in [-0.3, -0.25) is 4.79 Å². The highest BCUT2D eigenvalue weighted by molar-refractivity contribution is 5.94. The normalized spacial score (nSPS) is 23.5. The standard InChI is InChI=1S/C22H27NO/c1-3-4-15-19-16(2)20(19)21(17-11-7-5-8-12-17)23-22(24)18-13-9-6-10-14-18/h5-14,16,19-21H,3-4,15H2,1-2H3,(H,23,24)/t16-,19+,20+,21-/m1/s1. The van der Waals surface area contributed by atoms with Gasteiger partial charge in [0, 0.05) is 5.56 Å². The first kappa shape index (κ1) is 16.8. The van der Waals surface area contributed by atoms with E-state index in [0.29, 0.717) is 11.8 Å². The average Bonchev–Trinajstić information content (AvgIpc) is 3.28. The zero-order valence-corrected chi connectivity index (χ0v) is 14.6. The Bertz CT molecular complexity index is 652. The van der Waals surface area contributed by atoms with Gasteiger partial charge in [0.05, 0.1) is 6.04 Å². The summed E-state index contributed by atoms with van der Waals surface area (Å²) in [5.41, 5.74) is 1.95. The van der Waals surface area contributed by atoms with E-state index in [2.05, 4.69) is 43.4 Å². The van der Waals surface area contributed by atoms with Gasteiger partial charge in [0.1, 0.15) is 0 Å². The van der Waals surface area contributed by atoms with Gasteiger partial charge in [-0.2, -0.15) is 0 Å². The smallest absolute Gasteiger partial charge is 0.251 e. The Kier molecular flexibility index (Phi) is 5.34. The van der Waals surface area contributed by atoms with Crippen molar-refractivity contribution in [2.45, 2.75) is 39.2 Å². The number of amides is 1. The predicted octanol–water partition coefficient (Wildman–Crippen LogP) is 5.23. The molecule has 2 nitrogen and oxygen atoms in total. The van der Waals surface area contributed by atoms with Crippen molar-refractivity contribution in [3.05, 3.63) is 71.8 Å². The lowest BCUT2D eigenvalue weighted by Gasteiger charge is -2.20. The molecule has 2 aromatic rings. The second kappa shape index (κ2) is 7.65. The van der Waals surface area contributed by atoms with Crippen LogP contribution in [0.3, 0.4) is 0 Å². The number of carbonyl (C=O) groups excluding carboxylic acids is 1. The van der Waals surface area contributed by atoms with E-state index in [4.69, 9.17) is 0 Å². The fourth-order valence-corrected chi connectivity index (χ4v) is 3.90. The fourth-order valence-electron chi connectivity index (χ4n) is 3.90. The quantitative estimate of drug-likeness (QED) is 0.743. The van der Waals surface area contributed by atoms with Crippen molar-refractivity contribution in [2.24, 2.45) is 17.8 Å². The molecular formula is C22H27NO. The Balaban J connectivity index is 1.78. The summed E-state index contributed by atoms with van der Waals surface area (Å²) in [5.74, 6) is 1.98. The van der Waals surface area contributed by atoms with Crippen molar-refractivity contribution in [3.8, 4) is 0 Å². The second-order valence-electron chi connectivity index (χ2n) is 6.97. The minimum absolute atomic E-state index is 0.0257. The monoisotopic (exact) mass is 321 g/mol. The highest BCUT2D eigenvalue weighted by Crippen LogP contribution is 2.55. The third-order valence-corrected chi connectivity index (χ3v) is 5.39. The summed E-state index contributed by atoms with van der Waals surface area (Å²) >= 11 is 0. The first-order valence-corrected chi connectivity index (χ1v) is 9.13. The van der Waals surface area contributed by atoms with Crippen LogP contribution in [0.25, 0.3) is 0 Å². The molecule has 3 rings (SSSR count). The molecule has 2 aromatic carbocycles. The van der Waals surface area contributed by atoms with Crippen LogP contribution in [0.5, 0.6) is 0 Å². The lowest BCUT2D eigenvalue weighted by molar-refractivity contribution is 0.0929. The van der Waals surface area contributed by atoms with Crippen LogP contribution in [-0.2, 0) is 0 Å². The van der Waals surface area contributed by atoms with E-state index >= 15 is 0 Å². The molecule has 0 radical (unpaired) electrons. The summed E-state index contributed by atoms with van der Waals surface area (Å²) in [6, 6.07) is 20.1. The Labute approximate surface area is 145 Å². The number of rotatable bonds is 7. The van der Waals surface area contributed by atoms with E-state index in [1.165, 1.54) is 24.8 Å². The number of hydrogen-bond acceptors (Lipinski definition) is 1. The molecule has 1 aliphatic rings. The van der Waals surface area contributed by atoms with Crippen LogP contribution in [0, 0.1) is 17.8 Å². The molecule has 24 heavy (non-hydrogen) atoms. The Morgan fingerprint density at radius 3 is 2.29 bits per heavy atom. The summed E-state index contributed by atoms with van der Waals surface area (Å²) in [7, 11) is 0. The first-order chi connectivity index (χ1) is 11.7. The van der Waals surface area contributed by atoms with E-state index in [1.54, 1.807) is 0 Å². The van der Waals surface area contributed by atoms with E-state index in [-0.39, 0.29) is 11.9 Å². The SMILES string of the molecule is CCCC[C@H]1[C@@H](C)[C@@H]1[C@H](NC(=O)c1ccccc1)c1ccccc1. The summed E-state index contributed by atoms with van der Waals surface area (Å²) in [6.45, 7) is 4.57. The van der Waals surface area contributed by atoms with Gasteiger partial charge in [0.2, 0.25) is 0 Å². The number of nitrogens with one attached hydrogen (secondary N) is 1. The minimum Gasteiger partial charge on any atom is -0.345 e. The molecule has 0 aliphatic heterocycles. The molecule has 1 N–H and O–H groups in total. The van der Waals surface area contributed by atoms with Gasteiger partial charge in [-0.15, -0.1) is 0 Å². The summed E-state index contributed by atoms with van der Waals surface area (Å²) in [5, 5.41) is 3.31. The molecule has 0 heterocycles. The molecule has 4 atom stereocenters. The molecule has 0 bridgehead atoms. The highest BCUT2D eigenvalue weighted by atomic mass is 16.1. The van der Waals surface area contributed by atoms with Crippen LogP contribution in [-0.4, -0.2) is 5.91 Å². The van der Waals surface area contributed by atoms with Gasteiger partial charge < -0.3 is 5.32 Å². The lowest BCUT2D eigenvalue weighted by atomic mass is 9.98. The molecule has 0 unspecified atom stereocenters. The average molecular weight is 321 g/mol. The van der Waals surface area contributed by atoms with Gasteiger partial charge in [-0.05, 0) is 41.9 Å². The molecule has 0 saturated heterocycles. The molecule has 1 saturated carbocycles. The van der Waals surface area contributed by atoms with Gasteiger partial charge in [0.15, 0.2) is 0 Å². The lowest BCUT2D eigenvalue weighted by Crippen LogP contribution is -2.30. The van der Waals surface area contributed by atoms with Gasteiger partial charge in [0.25, 0.3) is 5.91 Å². The third kappa shape index (κ3) is 3.69. The van der Waals surface area contributed by atoms with E-state index < -0.39 is 0 Å². The molecule has 126 valence electrons. The predicted molar refractivity (Wildman–Crippen MR) is 98.8 cm³/mol. The van der Waals surface area contributed by atoms with Crippen LogP contribution in [0.15, 0.2) is 60.7 Å². The van der Waals surface area contributed by atoms with E-state index in [9.17, 15) is 4.79 Å². The minimum atomic E-state index is 0.0257. The Morgan fingerprint density at radius 2 is 1.67 bits per heavy atom. The second-order valence-corrected chi connectivity index (χ2v) is 6.97. The number of unbranched alkanes of at least 4 members (excludes halogenated alkanes) is 1. The largest absolute Gasteiger partial charge is 0.345 e. The van der Waals surface area contributed by atoms with Crippen molar-refractivity contribution >= 4 is 5.91 Å². The molecule has 2 heteroatoms. The highest BCUT2D eigenvalue weighted by Gasteiger charge is 2.51. The zero-order valence-electron chi connectivity index (χ0n) is 14.6. The van der Waals surface area contributed by atoms with Crippen molar-refractivity contribution < 1.29 is 4.79 Å². The molecular weight excluding hydrogens is 294 g/mol. The molecule has 1 aliphatic carbocycles.